The van der Waals surface area contributed by atoms with Crippen molar-refractivity contribution in [1.29, 1.82) is 0 Å². The normalized spacial score (nSPS) is 13.5. The smallest absolute Gasteiger partial charge is 0.153 e. The number of rotatable bonds is 4. The van der Waals surface area contributed by atoms with Gasteiger partial charge in [0.2, 0.25) is 0 Å². The number of methoxy groups -OCH3 is 1. The summed E-state index contributed by atoms with van der Waals surface area (Å²) >= 11 is 1.66. The Kier molecular flexibility index (Phi) is 4.58. The molecule has 0 fully saturated rings. The Hall–Kier alpha value is -2.86. The molecule has 6 heteroatoms. The van der Waals surface area contributed by atoms with E-state index in [0.717, 1.165) is 28.5 Å². The molecule has 0 amide bonds. The monoisotopic (exact) mass is 362 g/mol. The van der Waals surface area contributed by atoms with Crippen LogP contribution in [0.4, 0.5) is 0 Å². The highest BCUT2D eigenvalue weighted by Gasteiger charge is 2.21. The summed E-state index contributed by atoms with van der Waals surface area (Å²) in [6, 6.07) is 18.2. The number of benzene rings is 2. The van der Waals surface area contributed by atoms with Gasteiger partial charge in [0, 0.05) is 10.5 Å². The fourth-order valence-corrected chi connectivity index (χ4v) is 3.99. The molecule has 130 valence electrons. The maximum atomic E-state index is 5.25. The minimum atomic E-state index is 0.816. The Balaban J connectivity index is 1.79. The molecule has 1 aliphatic heterocycles. The fraction of sp³-hybridized carbons (Fsp3) is 0.150. The lowest BCUT2D eigenvalue weighted by Crippen LogP contribution is -1.92. The second-order valence-corrected chi connectivity index (χ2v) is 6.78. The van der Waals surface area contributed by atoms with Crippen LogP contribution in [0.3, 0.4) is 0 Å². The molecule has 1 aliphatic rings. The third kappa shape index (κ3) is 3.04. The fourth-order valence-electron chi connectivity index (χ4n) is 2.79. The van der Waals surface area contributed by atoms with Crippen molar-refractivity contribution in [1.82, 2.24) is 15.1 Å². The second-order valence-electron chi connectivity index (χ2n) is 5.78. The Labute approximate surface area is 156 Å². The molecule has 0 unspecified atom stereocenters. The van der Waals surface area contributed by atoms with Gasteiger partial charge in [-0.25, -0.2) is 0 Å². The molecule has 0 atom stereocenters. The molecule has 2 heterocycles. The summed E-state index contributed by atoms with van der Waals surface area (Å²) in [5.41, 5.74) is 4.17. The summed E-state index contributed by atoms with van der Waals surface area (Å²) < 4.78 is 5.25. The zero-order chi connectivity index (χ0) is 17.9. The van der Waals surface area contributed by atoms with Crippen LogP contribution >= 0.6 is 11.8 Å². The van der Waals surface area contributed by atoms with Gasteiger partial charge in [0.05, 0.1) is 13.3 Å². The quantitative estimate of drug-likeness (QED) is 0.674. The highest BCUT2D eigenvalue weighted by Crippen LogP contribution is 2.42. The van der Waals surface area contributed by atoms with Crippen molar-refractivity contribution >= 4 is 22.9 Å². The van der Waals surface area contributed by atoms with Crippen molar-refractivity contribution in [2.75, 3.05) is 7.11 Å². The topological polar surface area (TPSA) is 52.3 Å². The average Bonchev–Trinajstić information content (AvgIpc) is 3.01. The van der Waals surface area contributed by atoms with E-state index in [4.69, 9.17) is 4.74 Å². The molecule has 1 aromatic heterocycles. The number of nitrogens with zero attached hydrogens (tertiary/aromatic N) is 4. The highest BCUT2D eigenvalue weighted by atomic mass is 32.2. The molecule has 0 spiro atoms. The van der Waals surface area contributed by atoms with Gasteiger partial charge in [-0.05, 0) is 47.0 Å². The van der Waals surface area contributed by atoms with Crippen LogP contribution in [0.15, 0.2) is 70.3 Å². The van der Waals surface area contributed by atoms with Gasteiger partial charge in [-0.1, -0.05) is 49.0 Å². The first kappa shape index (κ1) is 16.6. The van der Waals surface area contributed by atoms with E-state index in [9.17, 15) is 0 Å². The number of thioether (sulfide) groups is 1. The van der Waals surface area contributed by atoms with E-state index in [1.54, 1.807) is 23.7 Å². The van der Waals surface area contributed by atoms with Gasteiger partial charge in [-0.3, -0.25) is 0 Å². The molecule has 0 saturated carbocycles. The average molecular weight is 362 g/mol. The van der Waals surface area contributed by atoms with Crippen molar-refractivity contribution in [3.05, 3.63) is 65.7 Å². The molecule has 0 saturated heterocycles. The summed E-state index contributed by atoms with van der Waals surface area (Å²) in [6.45, 7) is 2.14. The maximum absolute atomic E-state index is 5.25. The van der Waals surface area contributed by atoms with Crippen molar-refractivity contribution in [3.8, 4) is 17.0 Å². The van der Waals surface area contributed by atoms with E-state index in [1.807, 2.05) is 36.5 Å². The predicted molar refractivity (Wildman–Crippen MR) is 105 cm³/mol. The van der Waals surface area contributed by atoms with Gasteiger partial charge in [0.1, 0.15) is 11.4 Å². The van der Waals surface area contributed by atoms with Crippen LogP contribution < -0.4 is 4.74 Å². The minimum absolute atomic E-state index is 0.816. The first-order valence-corrected chi connectivity index (χ1v) is 9.22. The zero-order valence-corrected chi connectivity index (χ0v) is 15.4. The lowest BCUT2D eigenvalue weighted by atomic mass is 10.1. The molecular formula is C20H18N4OS. The molecule has 0 radical (unpaired) electrons. The summed E-state index contributed by atoms with van der Waals surface area (Å²) in [7, 11) is 1.66. The maximum Gasteiger partial charge on any atom is 0.153 e. The largest absolute Gasteiger partial charge is 0.497 e. The van der Waals surface area contributed by atoms with E-state index in [1.165, 1.54) is 16.0 Å². The van der Waals surface area contributed by atoms with Crippen LogP contribution in [-0.4, -0.2) is 28.4 Å². The number of ether oxygens (including phenoxy) is 1. The summed E-state index contributed by atoms with van der Waals surface area (Å²) in [6.07, 6.45) is 2.79. The van der Waals surface area contributed by atoms with Crippen molar-refractivity contribution in [2.45, 2.75) is 18.4 Å². The van der Waals surface area contributed by atoms with Crippen LogP contribution in [0.1, 0.15) is 18.9 Å². The lowest BCUT2D eigenvalue weighted by Gasteiger charge is -2.10. The van der Waals surface area contributed by atoms with Crippen LogP contribution in [-0.2, 0) is 0 Å². The molecule has 0 N–H and O–H groups in total. The number of hydrogen-bond donors (Lipinski definition) is 0. The van der Waals surface area contributed by atoms with E-state index in [2.05, 4.69) is 46.6 Å². The van der Waals surface area contributed by atoms with Crippen LogP contribution in [0, 0.1) is 0 Å². The third-order valence-electron chi connectivity index (χ3n) is 4.21. The summed E-state index contributed by atoms with van der Waals surface area (Å²) in [4.78, 5) is 2.79. The van der Waals surface area contributed by atoms with E-state index in [0.29, 0.717) is 0 Å². The number of hydrogen-bond acceptors (Lipinski definition) is 5. The molecule has 26 heavy (non-hydrogen) atoms. The molecule has 0 bridgehead atoms. The summed E-state index contributed by atoms with van der Waals surface area (Å²) in [5.74, 6) is 0.816. The van der Waals surface area contributed by atoms with Gasteiger partial charge in [0.25, 0.3) is 0 Å². The van der Waals surface area contributed by atoms with E-state index >= 15 is 0 Å². The minimum Gasteiger partial charge on any atom is -0.497 e. The molecule has 2 aromatic carbocycles. The van der Waals surface area contributed by atoms with Crippen LogP contribution in [0.2, 0.25) is 0 Å². The molecular weight excluding hydrogens is 344 g/mol. The van der Waals surface area contributed by atoms with Crippen molar-refractivity contribution in [3.63, 3.8) is 0 Å². The predicted octanol–water partition coefficient (Wildman–Crippen LogP) is 4.71. The Morgan fingerprint density at radius 2 is 1.77 bits per heavy atom. The number of fused-ring (bicyclic) bond motifs is 1. The van der Waals surface area contributed by atoms with E-state index < -0.39 is 0 Å². The molecule has 5 nitrogen and oxygen atoms in total. The van der Waals surface area contributed by atoms with Gasteiger partial charge in [0.15, 0.2) is 5.03 Å². The third-order valence-corrected chi connectivity index (χ3v) is 5.46. The molecule has 3 aromatic rings. The van der Waals surface area contributed by atoms with Crippen molar-refractivity contribution < 1.29 is 4.74 Å². The SMILES string of the molecule is CCC1=C(c2ccccc2)Sc2c(-c3ccc(OC)cc3)nnn2N=C1. The molecule has 4 rings (SSSR count). The van der Waals surface area contributed by atoms with E-state index in [-0.39, 0.29) is 0 Å². The number of allylic oxidation sites excluding steroid dienone is 1. The Bertz CT molecular complexity index is 975. The first-order valence-electron chi connectivity index (χ1n) is 8.41. The van der Waals surface area contributed by atoms with Crippen molar-refractivity contribution in [2.24, 2.45) is 5.10 Å². The van der Waals surface area contributed by atoms with Gasteiger partial charge < -0.3 is 4.74 Å². The highest BCUT2D eigenvalue weighted by molar-refractivity contribution is 8.08. The van der Waals surface area contributed by atoms with Gasteiger partial charge >= 0.3 is 0 Å². The van der Waals surface area contributed by atoms with Crippen LogP contribution in [0.25, 0.3) is 16.2 Å². The standard InChI is InChI=1S/C20H18N4OS/c1-3-14-13-21-24-20(26-19(14)16-7-5-4-6-8-16)18(22-23-24)15-9-11-17(25-2)12-10-15/h4-13H,3H2,1-2H3. The Morgan fingerprint density at radius 3 is 2.46 bits per heavy atom. The van der Waals surface area contributed by atoms with Gasteiger partial charge in [-0.2, -0.15) is 5.10 Å². The lowest BCUT2D eigenvalue weighted by molar-refractivity contribution is 0.415. The first-order chi connectivity index (χ1) is 12.8. The van der Waals surface area contributed by atoms with Gasteiger partial charge in [-0.15, -0.1) is 9.89 Å². The second kappa shape index (κ2) is 7.17. The zero-order valence-electron chi connectivity index (χ0n) is 14.6. The number of aromatic nitrogens is 3. The van der Waals surface area contributed by atoms with Crippen LogP contribution in [0.5, 0.6) is 5.75 Å². The summed E-state index contributed by atoms with van der Waals surface area (Å²) in [5, 5.41) is 14.0. The Morgan fingerprint density at radius 1 is 1.00 bits per heavy atom. The molecule has 0 aliphatic carbocycles.